The lowest BCUT2D eigenvalue weighted by molar-refractivity contribution is -0.122. The zero-order valence-electron chi connectivity index (χ0n) is 12.1. The molecule has 0 bridgehead atoms. The van der Waals surface area contributed by atoms with Crippen LogP contribution < -0.4 is 5.32 Å². The van der Waals surface area contributed by atoms with Crippen molar-refractivity contribution < 1.29 is 9.90 Å². The maximum Gasteiger partial charge on any atom is 0.234 e. The van der Waals surface area contributed by atoms with E-state index >= 15 is 0 Å². The van der Waals surface area contributed by atoms with Crippen molar-refractivity contribution in [3.8, 4) is 0 Å². The molecule has 0 radical (unpaired) electrons. The summed E-state index contributed by atoms with van der Waals surface area (Å²) >= 11 is 0. The molecule has 2 rings (SSSR count). The van der Waals surface area contributed by atoms with Crippen molar-refractivity contribution in [2.24, 2.45) is 5.92 Å². The highest BCUT2D eigenvalue weighted by Gasteiger charge is 2.20. The summed E-state index contributed by atoms with van der Waals surface area (Å²) < 4.78 is 0. The summed E-state index contributed by atoms with van der Waals surface area (Å²) in [7, 11) is 0. The molecule has 1 aliphatic heterocycles. The Hall–Kier alpha value is -1.39. The Bertz CT molecular complexity index is 448. The lowest BCUT2D eigenvalue weighted by atomic mass is 9.99. The standard InChI is InChI=1S/C16H24N2O2/c1-13-4-2-5-14(8-13)9-17-16(20)11-18-7-3-6-15(10-18)12-19/h2,4-5,8,15,19H,3,6-7,9-12H2,1H3,(H,17,20). The van der Waals surface area contributed by atoms with Gasteiger partial charge < -0.3 is 10.4 Å². The topological polar surface area (TPSA) is 52.6 Å². The number of aliphatic hydroxyl groups is 1. The molecule has 20 heavy (non-hydrogen) atoms. The first kappa shape index (κ1) is 15.0. The third kappa shape index (κ3) is 4.62. The molecule has 1 atom stereocenters. The summed E-state index contributed by atoms with van der Waals surface area (Å²) in [6.07, 6.45) is 2.13. The minimum atomic E-state index is 0.0603. The summed E-state index contributed by atoms with van der Waals surface area (Å²) in [5.74, 6) is 0.387. The first-order chi connectivity index (χ1) is 9.67. The second kappa shape index (κ2) is 7.41. The number of amides is 1. The van der Waals surface area contributed by atoms with Crippen molar-refractivity contribution in [3.05, 3.63) is 35.4 Å². The van der Waals surface area contributed by atoms with E-state index in [0.29, 0.717) is 19.0 Å². The molecule has 1 heterocycles. The third-order valence-electron chi connectivity index (χ3n) is 3.80. The zero-order chi connectivity index (χ0) is 14.4. The monoisotopic (exact) mass is 276 g/mol. The van der Waals surface area contributed by atoms with Crippen LogP contribution in [0.15, 0.2) is 24.3 Å². The van der Waals surface area contributed by atoms with E-state index in [2.05, 4.69) is 16.3 Å². The summed E-state index contributed by atoms with van der Waals surface area (Å²) in [6.45, 7) is 5.07. The predicted molar refractivity (Wildman–Crippen MR) is 79.3 cm³/mol. The van der Waals surface area contributed by atoms with Gasteiger partial charge in [0.15, 0.2) is 0 Å². The minimum Gasteiger partial charge on any atom is -0.396 e. The van der Waals surface area contributed by atoms with Crippen LogP contribution in [0.3, 0.4) is 0 Å². The quantitative estimate of drug-likeness (QED) is 0.853. The molecule has 1 saturated heterocycles. The molecule has 0 spiro atoms. The van der Waals surface area contributed by atoms with Gasteiger partial charge in [0.25, 0.3) is 0 Å². The Balaban J connectivity index is 1.75. The SMILES string of the molecule is Cc1cccc(CNC(=O)CN2CCCC(CO)C2)c1. The first-order valence-electron chi connectivity index (χ1n) is 7.33. The molecule has 1 aliphatic rings. The Morgan fingerprint density at radius 2 is 2.35 bits per heavy atom. The molecule has 2 N–H and O–H groups in total. The van der Waals surface area contributed by atoms with Crippen LogP contribution in [0, 0.1) is 12.8 Å². The smallest absolute Gasteiger partial charge is 0.234 e. The van der Waals surface area contributed by atoms with Gasteiger partial charge in [-0.05, 0) is 37.8 Å². The second-order valence-electron chi connectivity index (χ2n) is 5.69. The fourth-order valence-electron chi connectivity index (χ4n) is 2.73. The van der Waals surface area contributed by atoms with Gasteiger partial charge in [0.1, 0.15) is 0 Å². The van der Waals surface area contributed by atoms with Crippen molar-refractivity contribution in [1.29, 1.82) is 0 Å². The Kier molecular flexibility index (Phi) is 5.56. The molecular weight excluding hydrogens is 252 g/mol. The van der Waals surface area contributed by atoms with E-state index in [1.807, 2.05) is 25.1 Å². The lowest BCUT2D eigenvalue weighted by Gasteiger charge is -2.31. The number of carbonyl (C=O) groups excluding carboxylic acids is 1. The molecule has 1 fully saturated rings. The zero-order valence-corrected chi connectivity index (χ0v) is 12.1. The van der Waals surface area contributed by atoms with Gasteiger partial charge in [-0.2, -0.15) is 0 Å². The van der Waals surface area contributed by atoms with E-state index in [4.69, 9.17) is 0 Å². The molecule has 1 aromatic rings. The van der Waals surface area contributed by atoms with Gasteiger partial charge in [-0.25, -0.2) is 0 Å². The number of aliphatic hydroxyl groups excluding tert-OH is 1. The van der Waals surface area contributed by atoms with Crippen LogP contribution in [0.5, 0.6) is 0 Å². The summed E-state index contributed by atoms with van der Waals surface area (Å²) in [6, 6.07) is 8.17. The highest BCUT2D eigenvalue weighted by molar-refractivity contribution is 5.78. The van der Waals surface area contributed by atoms with E-state index in [1.54, 1.807) is 0 Å². The number of aryl methyl sites for hydroxylation is 1. The number of hydrogen-bond acceptors (Lipinski definition) is 3. The fourth-order valence-corrected chi connectivity index (χ4v) is 2.73. The number of nitrogens with zero attached hydrogens (tertiary/aromatic N) is 1. The van der Waals surface area contributed by atoms with Crippen molar-refractivity contribution in [3.63, 3.8) is 0 Å². The van der Waals surface area contributed by atoms with E-state index < -0.39 is 0 Å². The number of piperidine rings is 1. The van der Waals surface area contributed by atoms with E-state index in [1.165, 1.54) is 5.56 Å². The van der Waals surface area contributed by atoms with Gasteiger partial charge >= 0.3 is 0 Å². The van der Waals surface area contributed by atoms with E-state index in [-0.39, 0.29) is 12.5 Å². The van der Waals surface area contributed by atoms with Crippen LogP contribution in [0.1, 0.15) is 24.0 Å². The molecule has 0 saturated carbocycles. The fraction of sp³-hybridized carbons (Fsp3) is 0.562. The van der Waals surface area contributed by atoms with Crippen LogP contribution in [-0.4, -0.2) is 42.2 Å². The molecule has 4 heteroatoms. The van der Waals surface area contributed by atoms with Crippen LogP contribution in [0.2, 0.25) is 0 Å². The van der Waals surface area contributed by atoms with Crippen molar-refractivity contribution >= 4 is 5.91 Å². The van der Waals surface area contributed by atoms with Gasteiger partial charge in [0.2, 0.25) is 5.91 Å². The molecule has 4 nitrogen and oxygen atoms in total. The van der Waals surface area contributed by atoms with Crippen molar-refractivity contribution in [2.45, 2.75) is 26.3 Å². The number of hydrogen-bond donors (Lipinski definition) is 2. The minimum absolute atomic E-state index is 0.0603. The molecular formula is C16H24N2O2. The maximum atomic E-state index is 11.9. The molecule has 1 unspecified atom stereocenters. The lowest BCUT2D eigenvalue weighted by Crippen LogP contribution is -2.43. The van der Waals surface area contributed by atoms with Crippen molar-refractivity contribution in [1.82, 2.24) is 10.2 Å². The average molecular weight is 276 g/mol. The molecule has 1 aromatic carbocycles. The average Bonchev–Trinajstić information content (AvgIpc) is 2.45. The van der Waals surface area contributed by atoms with Crippen LogP contribution in [0.25, 0.3) is 0 Å². The van der Waals surface area contributed by atoms with E-state index in [0.717, 1.165) is 31.5 Å². The molecule has 0 aliphatic carbocycles. The largest absolute Gasteiger partial charge is 0.396 e. The van der Waals surface area contributed by atoms with Crippen LogP contribution in [-0.2, 0) is 11.3 Å². The van der Waals surface area contributed by atoms with Crippen LogP contribution in [0.4, 0.5) is 0 Å². The highest BCUT2D eigenvalue weighted by atomic mass is 16.3. The normalized spacial score (nSPS) is 19.8. The van der Waals surface area contributed by atoms with Gasteiger partial charge in [-0.15, -0.1) is 0 Å². The summed E-state index contributed by atoms with van der Waals surface area (Å²) in [4.78, 5) is 14.1. The van der Waals surface area contributed by atoms with Crippen LogP contribution >= 0.6 is 0 Å². The number of nitrogens with one attached hydrogen (secondary N) is 1. The highest BCUT2D eigenvalue weighted by Crippen LogP contribution is 2.15. The summed E-state index contributed by atoms with van der Waals surface area (Å²) in [5, 5.41) is 12.2. The predicted octanol–water partition coefficient (Wildman–Crippen LogP) is 1.32. The Morgan fingerprint density at radius 1 is 1.50 bits per heavy atom. The Labute approximate surface area is 120 Å². The van der Waals surface area contributed by atoms with Crippen molar-refractivity contribution in [2.75, 3.05) is 26.2 Å². The summed E-state index contributed by atoms with van der Waals surface area (Å²) in [5.41, 5.74) is 2.34. The second-order valence-corrected chi connectivity index (χ2v) is 5.69. The van der Waals surface area contributed by atoms with Gasteiger partial charge in [-0.3, -0.25) is 9.69 Å². The van der Waals surface area contributed by atoms with Gasteiger partial charge in [0, 0.05) is 19.7 Å². The number of likely N-dealkylation sites (tertiary alicyclic amines) is 1. The molecule has 0 aromatic heterocycles. The number of carbonyl (C=O) groups is 1. The van der Waals surface area contributed by atoms with E-state index in [9.17, 15) is 9.90 Å². The maximum absolute atomic E-state index is 11.9. The third-order valence-corrected chi connectivity index (χ3v) is 3.80. The molecule has 110 valence electrons. The first-order valence-corrected chi connectivity index (χ1v) is 7.33. The number of benzene rings is 1. The van der Waals surface area contributed by atoms with Gasteiger partial charge in [0.05, 0.1) is 6.54 Å². The number of rotatable bonds is 5. The molecule has 1 amide bonds. The Morgan fingerprint density at radius 3 is 3.10 bits per heavy atom. The van der Waals surface area contributed by atoms with Gasteiger partial charge in [-0.1, -0.05) is 29.8 Å².